The Bertz CT molecular complexity index is 370. The molecule has 0 radical (unpaired) electrons. The van der Waals surface area contributed by atoms with Crippen molar-refractivity contribution in [1.29, 1.82) is 0 Å². The second kappa shape index (κ2) is 5.61. The van der Waals surface area contributed by atoms with Crippen molar-refractivity contribution >= 4 is 0 Å². The van der Waals surface area contributed by atoms with Crippen LogP contribution in [0.5, 0.6) is 0 Å². The van der Waals surface area contributed by atoms with Gasteiger partial charge in [-0.05, 0) is 55.9 Å². The van der Waals surface area contributed by atoms with Gasteiger partial charge in [0.25, 0.3) is 0 Å². The second-order valence-electron chi connectivity index (χ2n) is 4.81. The number of aliphatic hydroxyl groups excluding tert-OH is 1. The zero-order chi connectivity index (χ0) is 12.3. The van der Waals surface area contributed by atoms with Gasteiger partial charge < -0.3 is 9.84 Å². The van der Waals surface area contributed by atoms with E-state index in [4.69, 9.17) is 4.74 Å². The molecular formula is C14H19FO2. The highest BCUT2D eigenvalue weighted by Crippen LogP contribution is 2.22. The van der Waals surface area contributed by atoms with Crippen LogP contribution < -0.4 is 0 Å². The molecule has 0 bridgehead atoms. The molecule has 0 aromatic heterocycles. The summed E-state index contributed by atoms with van der Waals surface area (Å²) in [7, 11) is 0. The van der Waals surface area contributed by atoms with E-state index in [-0.39, 0.29) is 18.0 Å². The Balaban J connectivity index is 1.87. The Morgan fingerprint density at radius 1 is 1.29 bits per heavy atom. The van der Waals surface area contributed by atoms with Crippen molar-refractivity contribution in [3.63, 3.8) is 0 Å². The maximum absolute atomic E-state index is 13.1. The zero-order valence-electron chi connectivity index (χ0n) is 10.2. The molecule has 17 heavy (non-hydrogen) atoms. The average molecular weight is 238 g/mol. The normalized spacial score (nSPS) is 24.9. The molecule has 1 saturated carbocycles. The molecule has 2 nitrogen and oxygen atoms in total. The maximum atomic E-state index is 13.1. The van der Waals surface area contributed by atoms with Crippen LogP contribution in [0, 0.1) is 12.7 Å². The van der Waals surface area contributed by atoms with Crippen molar-refractivity contribution < 1.29 is 14.2 Å². The summed E-state index contributed by atoms with van der Waals surface area (Å²) in [5.41, 5.74) is 1.97. The van der Waals surface area contributed by atoms with Gasteiger partial charge in [-0.25, -0.2) is 4.39 Å². The fourth-order valence-electron chi connectivity index (χ4n) is 2.22. The van der Waals surface area contributed by atoms with Crippen LogP contribution in [-0.2, 0) is 11.3 Å². The summed E-state index contributed by atoms with van der Waals surface area (Å²) in [6.07, 6.45) is 3.47. The fraction of sp³-hybridized carbons (Fsp3) is 0.571. The Labute approximate surface area is 101 Å². The van der Waals surface area contributed by atoms with Crippen molar-refractivity contribution in [2.24, 2.45) is 0 Å². The molecule has 1 aromatic rings. The van der Waals surface area contributed by atoms with Crippen LogP contribution in [0.25, 0.3) is 0 Å². The standard InChI is InChI=1S/C14H19FO2/c1-10-2-3-12(15)8-11(10)9-17-14-6-4-13(16)5-7-14/h2-3,8,13-14,16H,4-7,9H2,1H3. The van der Waals surface area contributed by atoms with Gasteiger partial charge in [-0.3, -0.25) is 0 Å². The van der Waals surface area contributed by atoms with E-state index in [0.29, 0.717) is 6.61 Å². The third-order valence-electron chi connectivity index (χ3n) is 3.43. The highest BCUT2D eigenvalue weighted by Gasteiger charge is 2.19. The quantitative estimate of drug-likeness (QED) is 0.877. The Hall–Kier alpha value is -0.930. The van der Waals surface area contributed by atoms with Crippen LogP contribution >= 0.6 is 0 Å². The molecule has 1 aliphatic carbocycles. The minimum Gasteiger partial charge on any atom is -0.393 e. The van der Waals surface area contributed by atoms with Crippen LogP contribution in [0.15, 0.2) is 18.2 Å². The summed E-state index contributed by atoms with van der Waals surface area (Å²) in [5, 5.41) is 9.39. The van der Waals surface area contributed by atoms with Crippen molar-refractivity contribution in [3.8, 4) is 0 Å². The van der Waals surface area contributed by atoms with E-state index in [0.717, 1.165) is 36.8 Å². The van der Waals surface area contributed by atoms with Gasteiger partial charge >= 0.3 is 0 Å². The van der Waals surface area contributed by atoms with E-state index in [9.17, 15) is 9.50 Å². The van der Waals surface area contributed by atoms with Gasteiger partial charge in [0.15, 0.2) is 0 Å². The number of halogens is 1. The van der Waals surface area contributed by atoms with Gasteiger partial charge in [-0.2, -0.15) is 0 Å². The molecule has 1 aromatic carbocycles. The van der Waals surface area contributed by atoms with Crippen molar-refractivity contribution in [1.82, 2.24) is 0 Å². The number of hydrogen-bond donors (Lipinski definition) is 1. The van der Waals surface area contributed by atoms with Crippen molar-refractivity contribution in [3.05, 3.63) is 35.1 Å². The number of rotatable bonds is 3. The summed E-state index contributed by atoms with van der Waals surface area (Å²) in [4.78, 5) is 0. The van der Waals surface area contributed by atoms with Gasteiger partial charge in [0.05, 0.1) is 18.8 Å². The van der Waals surface area contributed by atoms with E-state index < -0.39 is 0 Å². The van der Waals surface area contributed by atoms with Crippen LogP contribution in [0.4, 0.5) is 4.39 Å². The molecular weight excluding hydrogens is 219 g/mol. The molecule has 0 saturated heterocycles. The lowest BCUT2D eigenvalue weighted by molar-refractivity contribution is -0.0120. The molecule has 0 spiro atoms. The average Bonchev–Trinajstić information content (AvgIpc) is 2.32. The van der Waals surface area contributed by atoms with E-state index in [1.807, 2.05) is 6.92 Å². The largest absolute Gasteiger partial charge is 0.393 e. The summed E-state index contributed by atoms with van der Waals surface area (Å²) in [5.74, 6) is -0.215. The third kappa shape index (κ3) is 3.51. The lowest BCUT2D eigenvalue weighted by Gasteiger charge is -2.25. The predicted molar refractivity (Wildman–Crippen MR) is 64.2 cm³/mol. The number of benzene rings is 1. The number of aliphatic hydroxyl groups is 1. The van der Waals surface area contributed by atoms with Crippen LogP contribution in [-0.4, -0.2) is 17.3 Å². The second-order valence-corrected chi connectivity index (χ2v) is 4.81. The smallest absolute Gasteiger partial charge is 0.123 e. The molecule has 0 atom stereocenters. The Morgan fingerprint density at radius 2 is 2.00 bits per heavy atom. The lowest BCUT2D eigenvalue weighted by atomic mass is 9.95. The minimum absolute atomic E-state index is 0.161. The van der Waals surface area contributed by atoms with Gasteiger partial charge in [0, 0.05) is 0 Å². The fourth-order valence-corrected chi connectivity index (χ4v) is 2.22. The number of aryl methyl sites for hydroxylation is 1. The van der Waals surface area contributed by atoms with Gasteiger partial charge in [-0.1, -0.05) is 6.07 Å². The van der Waals surface area contributed by atoms with Gasteiger partial charge in [-0.15, -0.1) is 0 Å². The first-order chi connectivity index (χ1) is 8.15. The number of ether oxygens (including phenoxy) is 1. The summed E-state index contributed by atoms with van der Waals surface area (Å²) in [6, 6.07) is 4.78. The predicted octanol–water partition coefficient (Wildman–Crippen LogP) is 2.95. The molecule has 0 heterocycles. The van der Waals surface area contributed by atoms with Crippen molar-refractivity contribution in [2.75, 3.05) is 0 Å². The molecule has 1 aliphatic rings. The molecule has 0 aliphatic heterocycles. The van der Waals surface area contributed by atoms with E-state index in [1.165, 1.54) is 12.1 Å². The summed E-state index contributed by atoms with van der Waals surface area (Å²) in [6.45, 7) is 2.42. The van der Waals surface area contributed by atoms with E-state index in [2.05, 4.69) is 0 Å². The first kappa shape index (κ1) is 12.5. The monoisotopic (exact) mass is 238 g/mol. The SMILES string of the molecule is Cc1ccc(F)cc1COC1CCC(O)CC1. The number of hydrogen-bond acceptors (Lipinski definition) is 2. The van der Waals surface area contributed by atoms with Crippen molar-refractivity contribution in [2.45, 2.75) is 51.4 Å². The summed E-state index contributed by atoms with van der Waals surface area (Å²) < 4.78 is 18.9. The molecule has 3 heteroatoms. The van der Waals surface area contributed by atoms with Gasteiger partial charge in [0.1, 0.15) is 5.82 Å². The maximum Gasteiger partial charge on any atom is 0.123 e. The topological polar surface area (TPSA) is 29.5 Å². The minimum atomic E-state index is -0.215. The Morgan fingerprint density at radius 3 is 2.71 bits per heavy atom. The summed E-state index contributed by atoms with van der Waals surface area (Å²) >= 11 is 0. The Kier molecular flexibility index (Phi) is 4.13. The highest BCUT2D eigenvalue weighted by atomic mass is 19.1. The molecule has 0 amide bonds. The molecule has 94 valence electrons. The first-order valence-electron chi connectivity index (χ1n) is 6.20. The van der Waals surface area contributed by atoms with Crippen LogP contribution in [0.3, 0.4) is 0 Å². The third-order valence-corrected chi connectivity index (χ3v) is 3.43. The highest BCUT2D eigenvalue weighted by molar-refractivity contribution is 5.25. The molecule has 2 rings (SSSR count). The van der Waals surface area contributed by atoms with Crippen LogP contribution in [0.1, 0.15) is 36.8 Å². The van der Waals surface area contributed by atoms with E-state index in [1.54, 1.807) is 6.07 Å². The lowest BCUT2D eigenvalue weighted by Crippen LogP contribution is -2.24. The molecule has 1 fully saturated rings. The molecule has 1 N–H and O–H groups in total. The van der Waals surface area contributed by atoms with E-state index >= 15 is 0 Å². The van der Waals surface area contributed by atoms with Crippen LogP contribution in [0.2, 0.25) is 0 Å². The zero-order valence-corrected chi connectivity index (χ0v) is 10.2. The molecule has 0 unspecified atom stereocenters. The van der Waals surface area contributed by atoms with Gasteiger partial charge in [0.2, 0.25) is 0 Å². The first-order valence-corrected chi connectivity index (χ1v) is 6.20.